The van der Waals surface area contributed by atoms with Crippen molar-refractivity contribution in [1.82, 2.24) is 10.6 Å². The van der Waals surface area contributed by atoms with E-state index in [0.717, 1.165) is 6.42 Å². The van der Waals surface area contributed by atoms with Crippen LogP contribution < -0.4 is 20.1 Å². The lowest BCUT2D eigenvalue weighted by Crippen LogP contribution is -2.29. The Labute approximate surface area is 177 Å². The van der Waals surface area contributed by atoms with E-state index in [4.69, 9.17) is 9.47 Å². The van der Waals surface area contributed by atoms with Crippen molar-refractivity contribution >= 4 is 11.8 Å². The number of hydrogen-bond donors (Lipinski definition) is 3. The molecule has 162 valence electrons. The van der Waals surface area contributed by atoms with Crippen LogP contribution in [0.1, 0.15) is 47.4 Å². The molecule has 2 aromatic carbocycles. The minimum Gasteiger partial charge on any atom is -0.508 e. The average Bonchev–Trinajstić information content (AvgIpc) is 2.73. The number of benzene rings is 2. The third-order valence-electron chi connectivity index (χ3n) is 4.41. The summed E-state index contributed by atoms with van der Waals surface area (Å²) in [5.41, 5.74) is 0.869. The van der Waals surface area contributed by atoms with Gasteiger partial charge in [0.2, 0.25) is 0 Å². The smallest absolute Gasteiger partial charge is 0.251 e. The maximum atomic E-state index is 12.4. The molecule has 0 spiro atoms. The molecule has 0 aliphatic carbocycles. The molecule has 0 radical (unpaired) electrons. The van der Waals surface area contributed by atoms with Crippen LogP contribution in [-0.2, 0) is 0 Å². The molecule has 0 heterocycles. The zero-order valence-corrected chi connectivity index (χ0v) is 17.7. The molecule has 0 atom stereocenters. The highest BCUT2D eigenvalue weighted by Gasteiger charge is 2.11. The van der Waals surface area contributed by atoms with Crippen molar-refractivity contribution < 1.29 is 24.2 Å². The lowest BCUT2D eigenvalue weighted by Gasteiger charge is -2.13. The second-order valence-electron chi connectivity index (χ2n) is 7.31. The number of methoxy groups -OCH3 is 1. The molecule has 0 fully saturated rings. The number of aromatic hydroxyl groups is 1. The van der Waals surface area contributed by atoms with Crippen molar-refractivity contribution in [2.24, 2.45) is 5.92 Å². The molecule has 3 N–H and O–H groups in total. The first-order valence-corrected chi connectivity index (χ1v) is 10.1. The highest BCUT2D eigenvalue weighted by atomic mass is 16.5. The Hall–Kier alpha value is -3.22. The first-order chi connectivity index (χ1) is 14.4. The van der Waals surface area contributed by atoms with Gasteiger partial charge in [-0.25, -0.2) is 0 Å². The van der Waals surface area contributed by atoms with Crippen molar-refractivity contribution in [2.75, 3.05) is 26.8 Å². The Balaban J connectivity index is 1.77. The second-order valence-corrected chi connectivity index (χ2v) is 7.31. The van der Waals surface area contributed by atoms with Crippen molar-refractivity contribution in [3.05, 3.63) is 53.6 Å². The van der Waals surface area contributed by atoms with Gasteiger partial charge in [0.25, 0.3) is 11.8 Å². The number of phenolic OH excluding ortho intramolecular Hbond substituents is 1. The maximum Gasteiger partial charge on any atom is 0.251 e. The lowest BCUT2D eigenvalue weighted by atomic mass is 10.1. The van der Waals surface area contributed by atoms with Crippen LogP contribution in [0.25, 0.3) is 0 Å². The van der Waals surface area contributed by atoms with Crippen molar-refractivity contribution in [3.63, 3.8) is 0 Å². The van der Waals surface area contributed by atoms with Crippen molar-refractivity contribution in [3.8, 4) is 17.2 Å². The van der Waals surface area contributed by atoms with E-state index in [1.54, 1.807) is 37.4 Å². The molecule has 7 heteroatoms. The van der Waals surface area contributed by atoms with Crippen LogP contribution in [0.4, 0.5) is 0 Å². The molecule has 0 bridgehead atoms. The molecule has 30 heavy (non-hydrogen) atoms. The summed E-state index contributed by atoms with van der Waals surface area (Å²) in [4.78, 5) is 24.4. The molecule has 7 nitrogen and oxygen atoms in total. The number of nitrogens with one attached hydrogen (secondary N) is 2. The summed E-state index contributed by atoms with van der Waals surface area (Å²) in [6.45, 7) is 5.67. The van der Waals surface area contributed by atoms with Gasteiger partial charge in [-0.2, -0.15) is 0 Å². The van der Waals surface area contributed by atoms with Crippen LogP contribution in [0.5, 0.6) is 17.2 Å². The van der Waals surface area contributed by atoms with Gasteiger partial charge in [0.1, 0.15) is 5.75 Å². The Morgan fingerprint density at radius 3 is 2.23 bits per heavy atom. The van der Waals surface area contributed by atoms with Gasteiger partial charge in [-0.15, -0.1) is 0 Å². The summed E-state index contributed by atoms with van der Waals surface area (Å²) >= 11 is 0. The number of carbonyl (C=O) groups is 2. The second kappa shape index (κ2) is 11.7. The van der Waals surface area contributed by atoms with E-state index in [0.29, 0.717) is 54.7 Å². The van der Waals surface area contributed by atoms with Gasteiger partial charge >= 0.3 is 0 Å². The molecular formula is C23H30N2O5. The van der Waals surface area contributed by atoms with Crippen LogP contribution in [0.2, 0.25) is 0 Å². The first-order valence-electron chi connectivity index (χ1n) is 10.1. The molecule has 2 amide bonds. The standard InChI is InChI=1S/C23H30N2O5/c1-16(2)10-13-30-20-9-8-18(15-21(20)29-3)23(28)25-12-5-11-24-22(27)17-6-4-7-19(26)14-17/h4,6-9,14-16,26H,5,10-13H2,1-3H3,(H,24,27)(H,25,28). The molecule has 0 aliphatic heterocycles. The molecule has 0 saturated carbocycles. The summed E-state index contributed by atoms with van der Waals surface area (Å²) in [7, 11) is 1.54. The Kier molecular flexibility index (Phi) is 9.00. The Bertz CT molecular complexity index is 851. The summed E-state index contributed by atoms with van der Waals surface area (Å²) in [6, 6.07) is 11.2. The van der Waals surface area contributed by atoms with Gasteiger partial charge in [-0.05, 0) is 55.2 Å². The topological polar surface area (TPSA) is 96.9 Å². The fourth-order valence-corrected chi connectivity index (χ4v) is 2.68. The van der Waals surface area contributed by atoms with Crippen molar-refractivity contribution in [1.29, 1.82) is 0 Å². The largest absolute Gasteiger partial charge is 0.508 e. The van der Waals surface area contributed by atoms with Gasteiger partial charge in [0.05, 0.1) is 13.7 Å². The summed E-state index contributed by atoms with van der Waals surface area (Å²) in [5.74, 6) is 1.23. The normalized spacial score (nSPS) is 10.5. The predicted molar refractivity (Wildman–Crippen MR) is 115 cm³/mol. The predicted octanol–water partition coefficient (Wildman–Crippen LogP) is 3.38. The van der Waals surface area contributed by atoms with E-state index in [1.165, 1.54) is 12.1 Å². The number of rotatable bonds is 11. The maximum absolute atomic E-state index is 12.4. The van der Waals surface area contributed by atoms with Gasteiger partial charge in [-0.1, -0.05) is 19.9 Å². The third kappa shape index (κ3) is 7.31. The molecule has 2 aromatic rings. The molecule has 0 aromatic heterocycles. The van der Waals surface area contributed by atoms with Gasteiger partial charge < -0.3 is 25.2 Å². The van der Waals surface area contributed by atoms with Crippen LogP contribution >= 0.6 is 0 Å². The van der Waals surface area contributed by atoms with Gasteiger partial charge in [-0.3, -0.25) is 9.59 Å². The fraction of sp³-hybridized carbons (Fsp3) is 0.391. The highest BCUT2D eigenvalue weighted by molar-refractivity contribution is 5.95. The third-order valence-corrected chi connectivity index (χ3v) is 4.41. The minimum absolute atomic E-state index is 0.0432. The highest BCUT2D eigenvalue weighted by Crippen LogP contribution is 2.28. The number of ether oxygens (including phenoxy) is 2. The number of phenols is 1. The Morgan fingerprint density at radius 1 is 0.967 bits per heavy atom. The van der Waals surface area contributed by atoms with E-state index in [-0.39, 0.29) is 17.6 Å². The average molecular weight is 415 g/mol. The van der Waals surface area contributed by atoms with Gasteiger partial charge in [0.15, 0.2) is 11.5 Å². The number of hydrogen-bond acceptors (Lipinski definition) is 5. The lowest BCUT2D eigenvalue weighted by molar-refractivity contribution is 0.0951. The first kappa shape index (κ1) is 23.1. The zero-order chi connectivity index (χ0) is 21.9. The van der Waals surface area contributed by atoms with Crippen LogP contribution in [0.3, 0.4) is 0 Å². The molecule has 0 aliphatic rings. The Morgan fingerprint density at radius 2 is 1.63 bits per heavy atom. The number of amides is 2. The van der Waals surface area contributed by atoms with E-state index >= 15 is 0 Å². The molecular weight excluding hydrogens is 384 g/mol. The SMILES string of the molecule is COc1cc(C(=O)NCCCNC(=O)c2cccc(O)c2)ccc1OCCC(C)C. The minimum atomic E-state index is -0.269. The van der Waals surface area contributed by atoms with Crippen LogP contribution in [-0.4, -0.2) is 43.7 Å². The molecule has 2 rings (SSSR count). The van der Waals surface area contributed by atoms with E-state index in [1.807, 2.05) is 0 Å². The van der Waals surface area contributed by atoms with Gasteiger partial charge in [0, 0.05) is 24.2 Å². The van der Waals surface area contributed by atoms with E-state index in [2.05, 4.69) is 24.5 Å². The quantitative estimate of drug-likeness (QED) is 0.490. The summed E-state index contributed by atoms with van der Waals surface area (Å²) < 4.78 is 11.1. The molecule has 0 saturated heterocycles. The number of carbonyl (C=O) groups excluding carboxylic acids is 2. The zero-order valence-electron chi connectivity index (χ0n) is 17.7. The van der Waals surface area contributed by atoms with E-state index < -0.39 is 0 Å². The van der Waals surface area contributed by atoms with E-state index in [9.17, 15) is 14.7 Å². The summed E-state index contributed by atoms with van der Waals surface area (Å²) in [6.07, 6.45) is 1.51. The monoisotopic (exact) mass is 414 g/mol. The fourth-order valence-electron chi connectivity index (χ4n) is 2.68. The van der Waals surface area contributed by atoms with Crippen LogP contribution in [0, 0.1) is 5.92 Å². The summed E-state index contributed by atoms with van der Waals surface area (Å²) in [5, 5.41) is 15.0. The van der Waals surface area contributed by atoms with Crippen molar-refractivity contribution in [2.45, 2.75) is 26.7 Å². The van der Waals surface area contributed by atoms with Crippen LogP contribution in [0.15, 0.2) is 42.5 Å². The molecule has 0 unspecified atom stereocenters.